The van der Waals surface area contributed by atoms with E-state index in [-0.39, 0.29) is 27.7 Å². The number of carbonyl (C=O) groups excluding carboxylic acids is 3. The van der Waals surface area contributed by atoms with Crippen LogP contribution in [0.5, 0.6) is 0 Å². The van der Waals surface area contributed by atoms with E-state index in [1.54, 1.807) is 31.2 Å². The van der Waals surface area contributed by atoms with E-state index in [4.69, 9.17) is 9.88 Å². The molecule has 0 saturated carbocycles. The van der Waals surface area contributed by atoms with Gasteiger partial charge in [0.1, 0.15) is 0 Å². The number of primary sulfonamides is 1. The van der Waals surface area contributed by atoms with Crippen molar-refractivity contribution in [1.82, 2.24) is 0 Å². The molecule has 0 unspecified atom stereocenters. The second-order valence-electron chi connectivity index (χ2n) is 6.47. The number of nitrogens with one attached hydrogen (secondary N) is 1. The van der Waals surface area contributed by atoms with Gasteiger partial charge < -0.3 is 10.1 Å². The van der Waals surface area contributed by atoms with Gasteiger partial charge in [-0.15, -0.1) is 0 Å². The first kappa shape index (κ1) is 20.4. The van der Waals surface area contributed by atoms with E-state index < -0.39 is 27.5 Å². The highest BCUT2D eigenvalue weighted by Gasteiger charge is 2.31. The normalized spacial score (nSPS) is 14.7. The molecule has 1 aliphatic rings. The summed E-state index contributed by atoms with van der Waals surface area (Å²) in [4.78, 5) is 36.5. The number of methoxy groups -OCH3 is 1. The third-order valence-corrected chi connectivity index (χ3v) is 5.54. The van der Waals surface area contributed by atoms with Gasteiger partial charge in [0.2, 0.25) is 15.8 Å². The minimum atomic E-state index is -4.16. The summed E-state index contributed by atoms with van der Waals surface area (Å²) >= 11 is 0. The van der Waals surface area contributed by atoms with Crippen LogP contribution in [-0.2, 0) is 19.6 Å². The van der Waals surface area contributed by atoms with E-state index in [1.807, 2.05) is 0 Å². The fourth-order valence-corrected chi connectivity index (χ4v) is 3.81. The molecule has 0 aliphatic heterocycles. The van der Waals surface area contributed by atoms with E-state index in [1.165, 1.54) is 25.3 Å². The maximum absolute atomic E-state index is 12.8. The van der Waals surface area contributed by atoms with Gasteiger partial charge in [0.05, 0.1) is 29.2 Å². The van der Waals surface area contributed by atoms with Crippen molar-refractivity contribution in [3.63, 3.8) is 0 Å². The molecule has 3 N–H and O–H groups in total. The zero-order valence-electron chi connectivity index (χ0n) is 15.6. The number of ketones is 2. The molecule has 0 spiro atoms. The van der Waals surface area contributed by atoms with Crippen LogP contribution in [-0.4, -0.2) is 33.1 Å². The van der Waals surface area contributed by atoms with Crippen molar-refractivity contribution in [3.05, 3.63) is 70.9 Å². The molecule has 8 nitrogen and oxygen atoms in total. The molecule has 2 aromatic carbocycles. The number of hydrogen-bond acceptors (Lipinski definition) is 7. The zero-order valence-corrected chi connectivity index (χ0v) is 16.4. The van der Waals surface area contributed by atoms with E-state index in [9.17, 15) is 22.8 Å². The van der Waals surface area contributed by atoms with E-state index in [0.29, 0.717) is 5.69 Å². The SMILES string of the molecule is COC(=O)[C@@H](C)c1ccc(NC2=CC(=O)c3c(cccc3S(N)(=O)=O)C2=O)cc1. The summed E-state index contributed by atoms with van der Waals surface area (Å²) in [5.41, 5.74) is 0.980. The Bertz CT molecular complexity index is 1150. The Kier molecular flexibility index (Phi) is 5.36. The Morgan fingerprint density at radius 1 is 1.10 bits per heavy atom. The Hall–Kier alpha value is -3.30. The zero-order chi connectivity index (χ0) is 21.3. The second kappa shape index (κ2) is 7.61. The number of Topliss-reactive ketones (excluding diaryl/α,β-unsaturated/α-hetero) is 1. The second-order valence-corrected chi connectivity index (χ2v) is 8.00. The third kappa shape index (κ3) is 3.96. The first-order valence-corrected chi connectivity index (χ1v) is 10.1. The van der Waals surface area contributed by atoms with E-state index in [2.05, 4.69) is 5.32 Å². The molecule has 0 aromatic heterocycles. The van der Waals surface area contributed by atoms with Gasteiger partial charge >= 0.3 is 5.97 Å². The number of fused-ring (bicyclic) bond motifs is 1. The number of allylic oxidation sites excluding steroid dienone is 2. The average Bonchev–Trinajstić information content (AvgIpc) is 2.70. The number of ether oxygens (including phenoxy) is 1. The molecular formula is C20H18N2O6S. The smallest absolute Gasteiger partial charge is 0.312 e. The molecule has 29 heavy (non-hydrogen) atoms. The average molecular weight is 414 g/mol. The number of anilines is 1. The van der Waals surface area contributed by atoms with Gasteiger partial charge in [0, 0.05) is 17.3 Å². The number of carbonyl (C=O) groups is 3. The van der Waals surface area contributed by atoms with Crippen LogP contribution >= 0.6 is 0 Å². The largest absolute Gasteiger partial charge is 0.469 e. The summed E-state index contributed by atoms with van der Waals surface area (Å²) in [7, 11) is -2.85. The van der Waals surface area contributed by atoms with E-state index >= 15 is 0 Å². The maximum atomic E-state index is 12.8. The van der Waals surface area contributed by atoms with Gasteiger partial charge in [-0.3, -0.25) is 14.4 Å². The minimum Gasteiger partial charge on any atom is -0.469 e. The van der Waals surface area contributed by atoms with Crippen LogP contribution in [0.1, 0.15) is 39.1 Å². The summed E-state index contributed by atoms with van der Waals surface area (Å²) < 4.78 is 28.2. The monoisotopic (exact) mass is 414 g/mol. The van der Waals surface area contributed by atoms with Crippen LogP contribution in [0.3, 0.4) is 0 Å². The number of esters is 1. The lowest BCUT2D eigenvalue weighted by Crippen LogP contribution is -2.25. The topological polar surface area (TPSA) is 133 Å². The Labute approximate surface area is 167 Å². The van der Waals surface area contributed by atoms with Crippen molar-refractivity contribution in [2.45, 2.75) is 17.7 Å². The van der Waals surface area contributed by atoms with Gasteiger partial charge in [0.15, 0.2) is 5.78 Å². The maximum Gasteiger partial charge on any atom is 0.312 e. The number of rotatable bonds is 5. The summed E-state index contributed by atoms with van der Waals surface area (Å²) in [6, 6.07) is 10.6. The predicted molar refractivity (Wildman–Crippen MR) is 105 cm³/mol. The first-order valence-electron chi connectivity index (χ1n) is 8.55. The van der Waals surface area contributed by atoms with Crippen LogP contribution in [0, 0.1) is 0 Å². The fourth-order valence-electron chi connectivity index (χ4n) is 3.04. The summed E-state index contributed by atoms with van der Waals surface area (Å²) in [6.45, 7) is 1.71. The molecule has 3 rings (SSSR count). The van der Waals surface area contributed by atoms with Gasteiger partial charge in [-0.25, -0.2) is 13.6 Å². The van der Waals surface area contributed by atoms with Crippen LogP contribution in [0.4, 0.5) is 5.69 Å². The molecule has 2 aromatic rings. The molecule has 1 aliphatic carbocycles. The highest BCUT2D eigenvalue weighted by Crippen LogP contribution is 2.28. The van der Waals surface area contributed by atoms with Crippen molar-refractivity contribution in [1.29, 1.82) is 0 Å². The van der Waals surface area contributed by atoms with E-state index in [0.717, 1.165) is 11.6 Å². The number of hydrogen-bond donors (Lipinski definition) is 2. The molecule has 0 heterocycles. The molecule has 0 radical (unpaired) electrons. The predicted octanol–water partition coefficient (Wildman–Crippen LogP) is 1.99. The van der Waals surface area contributed by atoms with Crippen LogP contribution in [0.15, 0.2) is 59.1 Å². The van der Waals surface area contributed by atoms with Crippen LogP contribution in [0.2, 0.25) is 0 Å². The molecule has 0 amide bonds. The van der Waals surface area contributed by atoms with Gasteiger partial charge in [-0.2, -0.15) is 0 Å². The van der Waals surface area contributed by atoms with Gasteiger partial charge in [0.25, 0.3) is 0 Å². The summed E-state index contributed by atoms with van der Waals surface area (Å²) in [6.07, 6.45) is 1.05. The molecular weight excluding hydrogens is 396 g/mol. The first-order chi connectivity index (χ1) is 13.6. The number of nitrogens with two attached hydrogens (primary N) is 1. The van der Waals surface area contributed by atoms with Gasteiger partial charge in [-0.1, -0.05) is 24.3 Å². The lowest BCUT2D eigenvalue weighted by molar-refractivity contribution is -0.142. The van der Waals surface area contributed by atoms with Crippen molar-refractivity contribution < 1.29 is 27.5 Å². The Morgan fingerprint density at radius 2 is 1.76 bits per heavy atom. The van der Waals surface area contributed by atoms with Crippen molar-refractivity contribution >= 4 is 33.2 Å². The third-order valence-electron chi connectivity index (χ3n) is 4.59. The van der Waals surface area contributed by atoms with Crippen molar-refractivity contribution in [3.8, 4) is 0 Å². The fraction of sp³-hybridized carbons (Fsp3) is 0.150. The standard InChI is InChI=1S/C20H18N2O6S/c1-11(20(25)28-2)12-6-8-13(9-7-12)22-15-10-16(23)18-14(19(15)24)4-3-5-17(18)29(21,26)27/h3-11,22H,1-2H3,(H2,21,26,27)/t11-/m0/s1. The van der Waals surface area contributed by atoms with Crippen LogP contribution < -0.4 is 10.5 Å². The van der Waals surface area contributed by atoms with Gasteiger partial charge in [-0.05, 0) is 30.7 Å². The number of sulfonamides is 1. The number of benzene rings is 2. The molecule has 0 bridgehead atoms. The van der Waals surface area contributed by atoms with Crippen molar-refractivity contribution in [2.24, 2.45) is 5.14 Å². The molecule has 9 heteroatoms. The highest BCUT2D eigenvalue weighted by atomic mass is 32.2. The Balaban J connectivity index is 1.89. The highest BCUT2D eigenvalue weighted by molar-refractivity contribution is 7.89. The molecule has 1 atom stereocenters. The van der Waals surface area contributed by atoms with Crippen LogP contribution in [0.25, 0.3) is 0 Å². The lowest BCUT2D eigenvalue weighted by atomic mass is 9.92. The van der Waals surface area contributed by atoms with Crippen molar-refractivity contribution in [2.75, 3.05) is 12.4 Å². The summed E-state index contributed by atoms with van der Waals surface area (Å²) in [5, 5.41) is 8.02. The summed E-state index contributed by atoms with van der Waals surface area (Å²) in [5.74, 6) is -1.99. The molecule has 0 saturated heterocycles. The molecule has 150 valence electrons. The molecule has 0 fully saturated rings. The Morgan fingerprint density at radius 3 is 2.34 bits per heavy atom. The quantitative estimate of drug-likeness (QED) is 0.715. The minimum absolute atomic E-state index is 0.00263. The lowest BCUT2D eigenvalue weighted by Gasteiger charge is -2.18.